The van der Waals surface area contributed by atoms with Crippen molar-refractivity contribution < 1.29 is 13.9 Å². The van der Waals surface area contributed by atoms with Crippen LogP contribution in [0, 0.1) is 5.82 Å². The van der Waals surface area contributed by atoms with Crippen LogP contribution in [-0.2, 0) is 4.74 Å². The summed E-state index contributed by atoms with van der Waals surface area (Å²) in [6.07, 6.45) is 1.11. The van der Waals surface area contributed by atoms with Gasteiger partial charge in [-0.1, -0.05) is 0 Å². The molecule has 1 fully saturated rings. The summed E-state index contributed by atoms with van der Waals surface area (Å²) in [6.45, 7) is 5.25. The molecule has 1 aliphatic rings. The molecule has 21 heavy (non-hydrogen) atoms. The topological polar surface area (TPSA) is 76.4 Å². The standard InChI is InChI=1S/C15H22FN3O2/c1-15(2,3)21-14(20)19-13-8-10(4-5-12(13)16)18-11-6-9(17)7-11/h4-5,8-9,11,18H,6-7,17H2,1-3H3,(H,19,20). The van der Waals surface area contributed by atoms with E-state index in [0.29, 0.717) is 6.04 Å². The predicted molar refractivity (Wildman–Crippen MR) is 80.9 cm³/mol. The number of ether oxygens (including phenoxy) is 1. The van der Waals surface area contributed by atoms with Crippen molar-refractivity contribution >= 4 is 17.5 Å². The molecular formula is C15H22FN3O2. The molecule has 0 radical (unpaired) electrons. The van der Waals surface area contributed by atoms with Gasteiger partial charge in [0.05, 0.1) is 5.69 Å². The number of benzene rings is 1. The number of hydrogen-bond donors (Lipinski definition) is 3. The van der Waals surface area contributed by atoms with E-state index in [2.05, 4.69) is 10.6 Å². The van der Waals surface area contributed by atoms with Crippen molar-refractivity contribution in [1.82, 2.24) is 0 Å². The predicted octanol–water partition coefficient (Wildman–Crippen LogP) is 3.07. The lowest BCUT2D eigenvalue weighted by Gasteiger charge is -2.33. The van der Waals surface area contributed by atoms with Gasteiger partial charge in [0.2, 0.25) is 0 Å². The minimum atomic E-state index is -0.677. The van der Waals surface area contributed by atoms with Crippen LogP contribution >= 0.6 is 0 Å². The fourth-order valence-electron chi connectivity index (χ4n) is 2.14. The van der Waals surface area contributed by atoms with E-state index in [1.807, 2.05) is 0 Å². The second-order valence-corrected chi connectivity index (χ2v) is 6.39. The van der Waals surface area contributed by atoms with E-state index in [4.69, 9.17) is 10.5 Å². The average Bonchev–Trinajstić information content (AvgIpc) is 2.29. The highest BCUT2D eigenvalue weighted by molar-refractivity contribution is 5.85. The van der Waals surface area contributed by atoms with Gasteiger partial charge in [0.1, 0.15) is 11.4 Å². The zero-order valence-corrected chi connectivity index (χ0v) is 12.6. The first kappa shape index (κ1) is 15.6. The maximum atomic E-state index is 13.7. The first-order chi connectivity index (χ1) is 9.73. The summed E-state index contributed by atoms with van der Waals surface area (Å²) in [6, 6.07) is 5.05. The molecule has 1 aromatic rings. The highest BCUT2D eigenvalue weighted by Gasteiger charge is 2.25. The molecule has 1 amide bonds. The summed E-state index contributed by atoms with van der Waals surface area (Å²) in [5.74, 6) is -0.503. The maximum absolute atomic E-state index is 13.7. The largest absolute Gasteiger partial charge is 0.444 e. The normalized spacial score (nSPS) is 21.4. The van der Waals surface area contributed by atoms with Gasteiger partial charge in [0.15, 0.2) is 0 Å². The van der Waals surface area contributed by atoms with Crippen LogP contribution in [-0.4, -0.2) is 23.8 Å². The summed E-state index contributed by atoms with van der Waals surface area (Å²) < 4.78 is 18.9. The van der Waals surface area contributed by atoms with Gasteiger partial charge in [0, 0.05) is 17.8 Å². The highest BCUT2D eigenvalue weighted by Crippen LogP contribution is 2.26. The Bertz CT molecular complexity index is 522. The Morgan fingerprint density at radius 1 is 1.38 bits per heavy atom. The first-order valence-corrected chi connectivity index (χ1v) is 7.04. The van der Waals surface area contributed by atoms with E-state index >= 15 is 0 Å². The van der Waals surface area contributed by atoms with Crippen molar-refractivity contribution in [1.29, 1.82) is 0 Å². The molecule has 0 spiro atoms. The molecule has 6 heteroatoms. The van der Waals surface area contributed by atoms with Crippen molar-refractivity contribution in [3.63, 3.8) is 0 Å². The van der Waals surface area contributed by atoms with Gasteiger partial charge >= 0.3 is 6.09 Å². The van der Waals surface area contributed by atoms with Gasteiger partial charge in [-0.05, 0) is 51.8 Å². The average molecular weight is 295 g/mol. The summed E-state index contributed by atoms with van der Waals surface area (Å²) >= 11 is 0. The summed E-state index contributed by atoms with van der Waals surface area (Å²) in [4.78, 5) is 11.7. The summed E-state index contributed by atoms with van der Waals surface area (Å²) in [7, 11) is 0. The van der Waals surface area contributed by atoms with Gasteiger partial charge in [-0.15, -0.1) is 0 Å². The van der Waals surface area contributed by atoms with Crippen molar-refractivity contribution in [2.45, 2.75) is 51.3 Å². The second kappa shape index (κ2) is 5.89. The number of carbonyl (C=O) groups is 1. The summed E-state index contributed by atoms with van der Waals surface area (Å²) in [5.41, 5.74) is 5.95. The number of nitrogens with two attached hydrogens (primary N) is 1. The molecule has 0 bridgehead atoms. The van der Waals surface area contributed by atoms with Crippen molar-refractivity contribution in [3.05, 3.63) is 24.0 Å². The fraction of sp³-hybridized carbons (Fsp3) is 0.533. The number of halogens is 1. The van der Waals surface area contributed by atoms with E-state index < -0.39 is 17.5 Å². The van der Waals surface area contributed by atoms with Crippen LogP contribution in [0.4, 0.5) is 20.6 Å². The van der Waals surface area contributed by atoms with Crippen LogP contribution in [0.3, 0.4) is 0 Å². The molecule has 0 heterocycles. The van der Waals surface area contributed by atoms with Crippen LogP contribution in [0.2, 0.25) is 0 Å². The zero-order chi connectivity index (χ0) is 15.6. The monoisotopic (exact) mass is 295 g/mol. The van der Waals surface area contributed by atoms with E-state index in [9.17, 15) is 9.18 Å². The Kier molecular flexibility index (Phi) is 4.37. The number of hydrogen-bond acceptors (Lipinski definition) is 4. The van der Waals surface area contributed by atoms with Gasteiger partial charge in [0.25, 0.3) is 0 Å². The minimum absolute atomic E-state index is 0.0953. The Balaban J connectivity index is 2.00. The smallest absolute Gasteiger partial charge is 0.412 e. The van der Waals surface area contributed by atoms with Crippen LogP contribution in [0.15, 0.2) is 18.2 Å². The van der Waals surface area contributed by atoms with Crippen molar-refractivity contribution in [3.8, 4) is 0 Å². The van der Waals surface area contributed by atoms with Crippen molar-refractivity contribution in [2.24, 2.45) is 5.73 Å². The van der Waals surface area contributed by atoms with Crippen molar-refractivity contribution in [2.75, 3.05) is 10.6 Å². The SMILES string of the molecule is CC(C)(C)OC(=O)Nc1cc(NC2CC(N)C2)ccc1F. The Morgan fingerprint density at radius 2 is 2.05 bits per heavy atom. The number of rotatable bonds is 3. The fourth-order valence-corrected chi connectivity index (χ4v) is 2.14. The molecule has 0 aliphatic heterocycles. The zero-order valence-electron chi connectivity index (χ0n) is 12.6. The van der Waals surface area contributed by atoms with Crippen LogP contribution in [0.5, 0.6) is 0 Å². The molecule has 1 aromatic carbocycles. The lowest BCUT2D eigenvalue weighted by Crippen LogP contribution is -2.44. The van der Waals surface area contributed by atoms with E-state index in [1.54, 1.807) is 32.9 Å². The Labute approximate surface area is 124 Å². The van der Waals surface area contributed by atoms with Gasteiger partial charge < -0.3 is 15.8 Å². The molecule has 1 aliphatic carbocycles. The van der Waals surface area contributed by atoms with Crippen LogP contribution in [0.25, 0.3) is 0 Å². The number of carbonyl (C=O) groups excluding carboxylic acids is 1. The molecule has 4 N–H and O–H groups in total. The van der Waals surface area contributed by atoms with Gasteiger partial charge in [-0.2, -0.15) is 0 Å². The third-order valence-electron chi connectivity index (χ3n) is 3.15. The van der Waals surface area contributed by atoms with Crippen LogP contribution < -0.4 is 16.4 Å². The minimum Gasteiger partial charge on any atom is -0.444 e. The second-order valence-electron chi connectivity index (χ2n) is 6.39. The summed E-state index contributed by atoms with van der Waals surface area (Å²) in [5, 5.41) is 5.68. The number of anilines is 2. The molecule has 0 unspecified atom stereocenters. The molecule has 116 valence electrons. The Hall–Kier alpha value is -1.82. The third kappa shape index (κ3) is 4.60. The third-order valence-corrected chi connectivity index (χ3v) is 3.15. The molecule has 0 saturated heterocycles. The van der Waals surface area contributed by atoms with E-state index in [0.717, 1.165) is 18.5 Å². The molecule has 2 rings (SSSR count). The first-order valence-electron chi connectivity index (χ1n) is 7.04. The maximum Gasteiger partial charge on any atom is 0.412 e. The molecule has 0 aromatic heterocycles. The lowest BCUT2D eigenvalue weighted by molar-refractivity contribution is 0.0635. The van der Waals surface area contributed by atoms with Crippen LogP contribution in [0.1, 0.15) is 33.6 Å². The number of amides is 1. The molecule has 1 saturated carbocycles. The van der Waals surface area contributed by atoms with E-state index in [-0.39, 0.29) is 11.7 Å². The Morgan fingerprint density at radius 3 is 2.62 bits per heavy atom. The van der Waals surface area contributed by atoms with Gasteiger partial charge in [-0.25, -0.2) is 9.18 Å². The van der Waals surface area contributed by atoms with E-state index in [1.165, 1.54) is 6.07 Å². The highest BCUT2D eigenvalue weighted by atomic mass is 19.1. The quantitative estimate of drug-likeness (QED) is 0.801. The number of nitrogens with one attached hydrogen (secondary N) is 2. The molecule has 0 atom stereocenters. The lowest BCUT2D eigenvalue weighted by atomic mass is 9.87. The van der Waals surface area contributed by atoms with Gasteiger partial charge in [-0.3, -0.25) is 5.32 Å². The molecule has 5 nitrogen and oxygen atoms in total. The molecular weight excluding hydrogens is 273 g/mol.